The second kappa shape index (κ2) is 9.30. The molecule has 0 radical (unpaired) electrons. The normalized spacial score (nSPS) is 13.1. The highest BCUT2D eigenvalue weighted by Crippen LogP contribution is 2.23. The fraction of sp³-hybridized carbons (Fsp3) is 0.316. The molecule has 2 amide bonds. The predicted octanol–water partition coefficient (Wildman–Crippen LogP) is 3.75. The summed E-state index contributed by atoms with van der Waals surface area (Å²) in [5, 5.41) is 15.5. The minimum Gasteiger partial charge on any atom is -0.396 e. The zero-order valence-electron chi connectivity index (χ0n) is 13.7. The van der Waals surface area contributed by atoms with Crippen molar-refractivity contribution in [2.45, 2.75) is 19.4 Å². The van der Waals surface area contributed by atoms with Crippen LogP contribution in [0.1, 0.15) is 30.5 Å². The molecule has 0 fully saturated rings. The number of urea groups is 1. The maximum Gasteiger partial charge on any atom is 0.315 e. The number of carbonyl (C=O) groups excluding carboxylic acids is 1. The lowest BCUT2D eigenvalue weighted by atomic mass is 9.99. The van der Waals surface area contributed by atoms with Gasteiger partial charge in [-0.05, 0) is 35.6 Å². The van der Waals surface area contributed by atoms with Crippen LogP contribution in [0.2, 0.25) is 5.02 Å². The molecule has 2 aromatic rings. The molecule has 2 rings (SSSR count). The quantitative estimate of drug-likeness (QED) is 0.715. The van der Waals surface area contributed by atoms with E-state index in [-0.39, 0.29) is 24.6 Å². The second-order valence-electron chi connectivity index (χ2n) is 5.87. The van der Waals surface area contributed by atoms with Gasteiger partial charge in [0.15, 0.2) is 0 Å². The van der Waals surface area contributed by atoms with Gasteiger partial charge in [0.2, 0.25) is 0 Å². The van der Waals surface area contributed by atoms with Crippen LogP contribution in [-0.4, -0.2) is 24.3 Å². The lowest BCUT2D eigenvalue weighted by molar-refractivity contribution is 0.232. The fourth-order valence-corrected chi connectivity index (χ4v) is 2.56. The van der Waals surface area contributed by atoms with Crippen LogP contribution in [0.25, 0.3) is 0 Å². The van der Waals surface area contributed by atoms with Gasteiger partial charge in [-0.3, -0.25) is 0 Å². The Morgan fingerprint density at radius 1 is 1.08 bits per heavy atom. The summed E-state index contributed by atoms with van der Waals surface area (Å²) in [6.07, 6.45) is 0.666. The van der Waals surface area contributed by atoms with Crippen molar-refractivity contribution in [2.24, 2.45) is 5.92 Å². The van der Waals surface area contributed by atoms with Crippen molar-refractivity contribution in [3.05, 3.63) is 70.7 Å². The van der Waals surface area contributed by atoms with E-state index in [9.17, 15) is 4.79 Å². The van der Waals surface area contributed by atoms with Gasteiger partial charge in [0.25, 0.3) is 0 Å². The van der Waals surface area contributed by atoms with Crippen LogP contribution in [0.3, 0.4) is 0 Å². The van der Waals surface area contributed by atoms with Crippen LogP contribution in [0, 0.1) is 5.92 Å². The zero-order chi connectivity index (χ0) is 17.4. The summed E-state index contributed by atoms with van der Waals surface area (Å²) < 4.78 is 0. The molecule has 0 saturated heterocycles. The lowest BCUT2D eigenvalue weighted by Crippen LogP contribution is -2.40. The van der Waals surface area contributed by atoms with Gasteiger partial charge < -0.3 is 15.7 Å². The molecule has 0 saturated carbocycles. The molecule has 0 aliphatic rings. The summed E-state index contributed by atoms with van der Waals surface area (Å²) in [4.78, 5) is 12.3. The van der Waals surface area contributed by atoms with E-state index in [1.807, 2.05) is 61.5 Å². The zero-order valence-corrected chi connectivity index (χ0v) is 14.5. The van der Waals surface area contributed by atoms with Gasteiger partial charge in [-0.1, -0.05) is 61.0 Å². The summed E-state index contributed by atoms with van der Waals surface area (Å²) in [5.41, 5.74) is 1.96. The Morgan fingerprint density at radius 3 is 2.33 bits per heavy atom. The van der Waals surface area contributed by atoms with Gasteiger partial charge in [-0.25, -0.2) is 4.79 Å². The lowest BCUT2D eigenvalue weighted by Gasteiger charge is -2.21. The molecule has 2 unspecified atom stereocenters. The van der Waals surface area contributed by atoms with Gasteiger partial charge in [0.05, 0.1) is 6.04 Å². The first-order chi connectivity index (χ1) is 11.6. The summed E-state index contributed by atoms with van der Waals surface area (Å²) >= 11 is 5.96. The first kappa shape index (κ1) is 18.3. The van der Waals surface area contributed by atoms with Gasteiger partial charge in [-0.2, -0.15) is 0 Å². The van der Waals surface area contributed by atoms with Crippen LogP contribution < -0.4 is 10.6 Å². The molecule has 0 aliphatic heterocycles. The minimum absolute atomic E-state index is 0.127. The molecular weight excluding hydrogens is 324 g/mol. The smallest absolute Gasteiger partial charge is 0.315 e. The third-order valence-corrected chi connectivity index (χ3v) is 4.10. The number of hydrogen-bond donors (Lipinski definition) is 3. The van der Waals surface area contributed by atoms with Crippen molar-refractivity contribution >= 4 is 17.6 Å². The monoisotopic (exact) mass is 346 g/mol. The minimum atomic E-state index is -0.253. The Labute approximate surface area is 147 Å². The van der Waals surface area contributed by atoms with Crippen molar-refractivity contribution in [3.63, 3.8) is 0 Å². The number of aliphatic hydroxyl groups excluding tert-OH is 1. The summed E-state index contributed by atoms with van der Waals surface area (Å²) in [6, 6.07) is 16.8. The number of aliphatic hydroxyl groups is 1. The van der Waals surface area contributed by atoms with Crippen molar-refractivity contribution in [1.29, 1.82) is 0 Å². The molecule has 0 heterocycles. The number of nitrogens with one attached hydrogen (secondary N) is 2. The van der Waals surface area contributed by atoms with E-state index in [4.69, 9.17) is 16.7 Å². The Hall–Kier alpha value is -2.04. The number of benzene rings is 2. The average Bonchev–Trinajstić information content (AvgIpc) is 2.60. The highest BCUT2D eigenvalue weighted by molar-refractivity contribution is 6.30. The Balaban J connectivity index is 2.09. The van der Waals surface area contributed by atoms with E-state index < -0.39 is 0 Å². The van der Waals surface area contributed by atoms with Crippen LogP contribution >= 0.6 is 11.6 Å². The molecule has 0 spiro atoms. The van der Waals surface area contributed by atoms with Gasteiger partial charge in [-0.15, -0.1) is 0 Å². The van der Waals surface area contributed by atoms with E-state index in [1.165, 1.54) is 0 Å². The summed E-state index contributed by atoms with van der Waals surface area (Å²) in [7, 11) is 0. The highest BCUT2D eigenvalue weighted by atomic mass is 35.5. The summed E-state index contributed by atoms with van der Waals surface area (Å²) in [6.45, 7) is 2.64. The Bertz CT molecular complexity index is 632. The molecule has 0 aromatic heterocycles. The van der Waals surface area contributed by atoms with Crippen molar-refractivity contribution < 1.29 is 9.90 Å². The molecule has 2 aromatic carbocycles. The van der Waals surface area contributed by atoms with E-state index in [2.05, 4.69) is 10.6 Å². The molecular formula is C19H23ClN2O2. The third kappa shape index (κ3) is 5.55. The first-order valence-electron chi connectivity index (χ1n) is 8.05. The second-order valence-corrected chi connectivity index (χ2v) is 6.30. The SMILES string of the molecule is CC(CCO)CNC(=O)NC(c1ccccc1)c1ccc(Cl)cc1. The average molecular weight is 347 g/mol. The topological polar surface area (TPSA) is 61.4 Å². The van der Waals surface area contributed by atoms with Crippen LogP contribution in [0.5, 0.6) is 0 Å². The van der Waals surface area contributed by atoms with E-state index in [1.54, 1.807) is 0 Å². The number of halogens is 1. The largest absolute Gasteiger partial charge is 0.396 e. The maximum absolute atomic E-state index is 12.3. The predicted molar refractivity (Wildman–Crippen MR) is 97.1 cm³/mol. The van der Waals surface area contributed by atoms with Gasteiger partial charge in [0.1, 0.15) is 0 Å². The first-order valence-corrected chi connectivity index (χ1v) is 8.43. The standard InChI is InChI=1S/C19H23ClN2O2/c1-14(11-12-23)13-21-19(24)22-18(15-5-3-2-4-6-15)16-7-9-17(20)10-8-16/h2-10,14,18,23H,11-13H2,1H3,(H2,21,22,24). The summed E-state index contributed by atoms with van der Waals surface area (Å²) in [5.74, 6) is 0.228. The van der Waals surface area contributed by atoms with Crippen LogP contribution in [0.4, 0.5) is 4.79 Å². The van der Waals surface area contributed by atoms with E-state index in [0.29, 0.717) is 18.0 Å². The molecule has 24 heavy (non-hydrogen) atoms. The van der Waals surface area contributed by atoms with E-state index in [0.717, 1.165) is 11.1 Å². The van der Waals surface area contributed by atoms with Gasteiger partial charge in [0, 0.05) is 18.2 Å². The van der Waals surface area contributed by atoms with Crippen LogP contribution in [-0.2, 0) is 0 Å². The molecule has 5 heteroatoms. The van der Waals surface area contributed by atoms with E-state index >= 15 is 0 Å². The van der Waals surface area contributed by atoms with Crippen LogP contribution in [0.15, 0.2) is 54.6 Å². The molecule has 0 bridgehead atoms. The molecule has 0 aliphatic carbocycles. The molecule has 3 N–H and O–H groups in total. The fourth-order valence-electron chi connectivity index (χ4n) is 2.43. The Kier molecular flexibility index (Phi) is 7.09. The highest BCUT2D eigenvalue weighted by Gasteiger charge is 2.17. The maximum atomic E-state index is 12.3. The molecule has 128 valence electrons. The van der Waals surface area contributed by atoms with Crippen molar-refractivity contribution in [3.8, 4) is 0 Å². The number of carbonyl (C=O) groups is 1. The van der Waals surface area contributed by atoms with Crippen molar-refractivity contribution in [2.75, 3.05) is 13.2 Å². The van der Waals surface area contributed by atoms with Gasteiger partial charge >= 0.3 is 6.03 Å². The molecule has 2 atom stereocenters. The Morgan fingerprint density at radius 2 is 1.71 bits per heavy atom. The van der Waals surface area contributed by atoms with Crippen molar-refractivity contribution in [1.82, 2.24) is 10.6 Å². The number of rotatable bonds is 7. The number of hydrogen-bond acceptors (Lipinski definition) is 2. The third-order valence-electron chi connectivity index (χ3n) is 3.84. The molecule has 4 nitrogen and oxygen atoms in total. The number of amides is 2.